The van der Waals surface area contributed by atoms with E-state index in [0.29, 0.717) is 5.92 Å². The van der Waals surface area contributed by atoms with Gasteiger partial charge in [-0.15, -0.1) is 0 Å². The summed E-state index contributed by atoms with van der Waals surface area (Å²) in [4.78, 5) is 10.4. The van der Waals surface area contributed by atoms with Gasteiger partial charge in [0.1, 0.15) is 5.82 Å². The van der Waals surface area contributed by atoms with Crippen molar-refractivity contribution in [3.8, 4) is 11.3 Å². The molecule has 25 heavy (non-hydrogen) atoms. The lowest BCUT2D eigenvalue weighted by atomic mass is 9.95. The van der Waals surface area contributed by atoms with E-state index in [1.54, 1.807) is 0 Å². The Morgan fingerprint density at radius 3 is 2.76 bits per heavy atom. The molecular formula is C20H21BrN4. The van der Waals surface area contributed by atoms with Crippen LogP contribution in [0.4, 0.5) is 0 Å². The van der Waals surface area contributed by atoms with E-state index in [1.807, 2.05) is 24.4 Å². The van der Waals surface area contributed by atoms with Crippen molar-refractivity contribution in [2.45, 2.75) is 18.5 Å². The zero-order valence-electron chi connectivity index (χ0n) is 13.9. The maximum Gasteiger partial charge on any atom is 0.120 e. The number of nitrogens with one attached hydrogen (secondary N) is 1. The number of hydrogen-bond donors (Lipinski definition) is 2. The number of aromatic nitrogens is 2. The van der Waals surface area contributed by atoms with Gasteiger partial charge in [0.05, 0.1) is 18.4 Å². The van der Waals surface area contributed by atoms with Gasteiger partial charge >= 0.3 is 0 Å². The lowest BCUT2D eigenvalue weighted by molar-refractivity contribution is 0.316. The molecule has 0 bridgehead atoms. The van der Waals surface area contributed by atoms with E-state index in [9.17, 15) is 0 Å². The second-order valence-electron chi connectivity index (χ2n) is 6.63. The van der Waals surface area contributed by atoms with Crippen LogP contribution in [0.5, 0.6) is 0 Å². The number of H-pyrrole nitrogens is 1. The number of likely N-dealkylation sites (tertiary alicyclic amines) is 1. The van der Waals surface area contributed by atoms with Gasteiger partial charge in [0.2, 0.25) is 0 Å². The van der Waals surface area contributed by atoms with E-state index in [2.05, 4.69) is 67.2 Å². The summed E-state index contributed by atoms with van der Waals surface area (Å²) in [7, 11) is 0. The van der Waals surface area contributed by atoms with Gasteiger partial charge in [0.15, 0.2) is 0 Å². The molecule has 1 aromatic heterocycles. The number of benzene rings is 2. The molecule has 0 aliphatic carbocycles. The lowest BCUT2D eigenvalue weighted by Crippen LogP contribution is -2.28. The minimum atomic E-state index is 0.168. The molecule has 0 spiro atoms. The highest BCUT2D eigenvalue weighted by atomic mass is 79.9. The predicted molar refractivity (Wildman–Crippen MR) is 104 cm³/mol. The highest BCUT2D eigenvalue weighted by molar-refractivity contribution is 9.10. The van der Waals surface area contributed by atoms with Crippen molar-refractivity contribution in [3.63, 3.8) is 0 Å². The lowest BCUT2D eigenvalue weighted by Gasteiger charge is -2.15. The van der Waals surface area contributed by atoms with Gasteiger partial charge in [0.25, 0.3) is 0 Å². The Kier molecular flexibility index (Phi) is 4.70. The molecule has 2 atom stereocenters. The van der Waals surface area contributed by atoms with E-state index in [-0.39, 0.29) is 6.04 Å². The van der Waals surface area contributed by atoms with E-state index >= 15 is 0 Å². The minimum Gasteiger partial charge on any atom is -0.341 e. The van der Waals surface area contributed by atoms with Gasteiger partial charge in [-0.1, -0.05) is 58.4 Å². The van der Waals surface area contributed by atoms with Crippen molar-refractivity contribution in [2.24, 2.45) is 5.73 Å². The second kappa shape index (κ2) is 7.12. The van der Waals surface area contributed by atoms with Crippen molar-refractivity contribution in [1.29, 1.82) is 0 Å². The molecule has 0 saturated carbocycles. The fraction of sp³-hybridized carbons (Fsp3) is 0.250. The normalized spacial score (nSPS) is 20.9. The first-order chi connectivity index (χ1) is 12.2. The Morgan fingerprint density at radius 2 is 1.96 bits per heavy atom. The van der Waals surface area contributed by atoms with Crippen LogP contribution in [0.2, 0.25) is 0 Å². The zero-order valence-corrected chi connectivity index (χ0v) is 15.5. The molecule has 0 amide bonds. The number of rotatable bonds is 4. The van der Waals surface area contributed by atoms with Gasteiger partial charge < -0.3 is 10.7 Å². The summed E-state index contributed by atoms with van der Waals surface area (Å²) in [6.07, 6.45) is 1.90. The summed E-state index contributed by atoms with van der Waals surface area (Å²) < 4.78 is 1.07. The van der Waals surface area contributed by atoms with E-state index in [1.165, 1.54) is 5.56 Å². The average molecular weight is 397 g/mol. The molecule has 4 nitrogen and oxygen atoms in total. The molecule has 2 heterocycles. The largest absolute Gasteiger partial charge is 0.341 e. The third kappa shape index (κ3) is 3.68. The number of aromatic amines is 1. The van der Waals surface area contributed by atoms with Gasteiger partial charge in [-0.05, 0) is 17.7 Å². The first kappa shape index (κ1) is 16.5. The van der Waals surface area contributed by atoms with Crippen LogP contribution in [0.15, 0.2) is 65.3 Å². The second-order valence-corrected chi connectivity index (χ2v) is 7.54. The fourth-order valence-corrected chi connectivity index (χ4v) is 3.95. The van der Waals surface area contributed by atoms with Crippen molar-refractivity contribution in [2.75, 3.05) is 13.1 Å². The molecule has 128 valence electrons. The average Bonchev–Trinajstić information content (AvgIpc) is 3.23. The van der Waals surface area contributed by atoms with Gasteiger partial charge in [0, 0.05) is 35.1 Å². The Morgan fingerprint density at radius 1 is 1.12 bits per heavy atom. The van der Waals surface area contributed by atoms with Crippen LogP contribution in [-0.2, 0) is 6.54 Å². The van der Waals surface area contributed by atoms with Crippen LogP contribution in [0.25, 0.3) is 11.3 Å². The predicted octanol–water partition coefficient (Wildman–Crippen LogP) is 3.77. The van der Waals surface area contributed by atoms with Gasteiger partial charge in [-0.25, -0.2) is 4.98 Å². The van der Waals surface area contributed by atoms with Crippen LogP contribution in [0, 0.1) is 0 Å². The van der Waals surface area contributed by atoms with Crippen LogP contribution in [-0.4, -0.2) is 34.0 Å². The Labute approximate surface area is 156 Å². The van der Waals surface area contributed by atoms with Crippen LogP contribution < -0.4 is 5.73 Å². The zero-order chi connectivity index (χ0) is 17.2. The maximum absolute atomic E-state index is 6.39. The van der Waals surface area contributed by atoms with Crippen molar-refractivity contribution in [3.05, 3.63) is 76.7 Å². The first-order valence-corrected chi connectivity index (χ1v) is 9.31. The fourth-order valence-electron chi connectivity index (χ4n) is 3.55. The summed E-state index contributed by atoms with van der Waals surface area (Å²) >= 11 is 3.52. The summed E-state index contributed by atoms with van der Waals surface area (Å²) in [5, 5.41) is 0. The van der Waals surface area contributed by atoms with Crippen molar-refractivity contribution in [1.82, 2.24) is 14.9 Å². The van der Waals surface area contributed by atoms with Crippen LogP contribution in [0.1, 0.15) is 17.3 Å². The molecule has 4 rings (SSSR count). The minimum absolute atomic E-state index is 0.168. The summed E-state index contributed by atoms with van der Waals surface area (Å²) in [5.41, 5.74) is 9.89. The summed E-state index contributed by atoms with van der Waals surface area (Å²) in [5.74, 6) is 1.37. The van der Waals surface area contributed by atoms with Gasteiger partial charge in [-0.3, -0.25) is 4.90 Å². The summed E-state index contributed by atoms with van der Waals surface area (Å²) in [6.45, 7) is 2.66. The van der Waals surface area contributed by atoms with Crippen molar-refractivity contribution < 1.29 is 0 Å². The van der Waals surface area contributed by atoms with Gasteiger partial charge in [-0.2, -0.15) is 0 Å². The SMILES string of the molecule is N[C@@H]1CN(Cc2ncc(-c3cccc(Br)c3)[nH]2)C[C@H]1c1ccccc1. The molecule has 3 aromatic rings. The maximum atomic E-state index is 6.39. The molecule has 1 aliphatic rings. The monoisotopic (exact) mass is 396 g/mol. The van der Waals surface area contributed by atoms with Crippen molar-refractivity contribution >= 4 is 15.9 Å². The Bertz CT molecular complexity index is 846. The standard InChI is InChI=1S/C20H21BrN4/c21-16-8-4-7-15(9-16)19-10-23-20(24-19)13-25-11-17(18(22)12-25)14-5-2-1-3-6-14/h1-10,17-18H,11-13,22H2,(H,23,24)/t17-,18+/m0/s1. The van der Waals surface area contributed by atoms with E-state index in [4.69, 9.17) is 5.73 Å². The highest BCUT2D eigenvalue weighted by Crippen LogP contribution is 2.27. The van der Waals surface area contributed by atoms with E-state index in [0.717, 1.165) is 41.2 Å². The molecule has 1 saturated heterocycles. The quantitative estimate of drug-likeness (QED) is 0.705. The van der Waals surface area contributed by atoms with Crippen LogP contribution >= 0.6 is 15.9 Å². The number of nitrogens with zero attached hydrogens (tertiary/aromatic N) is 2. The smallest absolute Gasteiger partial charge is 0.120 e. The molecule has 0 radical (unpaired) electrons. The molecule has 1 fully saturated rings. The number of hydrogen-bond acceptors (Lipinski definition) is 3. The number of nitrogens with two attached hydrogens (primary N) is 1. The molecule has 0 unspecified atom stereocenters. The summed E-state index contributed by atoms with van der Waals surface area (Å²) in [6, 6.07) is 19.0. The third-order valence-corrected chi connectivity index (χ3v) is 5.30. The first-order valence-electron chi connectivity index (χ1n) is 8.52. The Hall–Kier alpha value is -1.95. The number of halogens is 1. The number of imidazole rings is 1. The highest BCUT2D eigenvalue weighted by Gasteiger charge is 2.31. The third-order valence-electron chi connectivity index (χ3n) is 4.81. The van der Waals surface area contributed by atoms with Crippen LogP contribution in [0.3, 0.4) is 0 Å². The molecule has 2 aromatic carbocycles. The Balaban J connectivity index is 1.45. The molecule has 3 N–H and O–H groups in total. The topological polar surface area (TPSA) is 57.9 Å². The molecule has 1 aliphatic heterocycles. The molecular weight excluding hydrogens is 376 g/mol. The van der Waals surface area contributed by atoms with E-state index < -0.39 is 0 Å². The molecule has 5 heteroatoms.